The van der Waals surface area contributed by atoms with Crippen molar-refractivity contribution < 1.29 is 29.1 Å². The summed E-state index contributed by atoms with van der Waals surface area (Å²) in [5, 5.41) is 8.76. The number of hydrogen-bond acceptors (Lipinski definition) is 5. The third kappa shape index (κ3) is 4.65. The molecule has 1 heterocycles. The van der Waals surface area contributed by atoms with E-state index in [1.54, 1.807) is 0 Å². The number of amides is 3. The van der Waals surface area contributed by atoms with Gasteiger partial charge in [0, 0.05) is 38.2 Å². The fourth-order valence-electron chi connectivity index (χ4n) is 2.02. The van der Waals surface area contributed by atoms with E-state index >= 15 is 0 Å². The zero-order valence-corrected chi connectivity index (χ0v) is 12.0. The van der Waals surface area contributed by atoms with Gasteiger partial charge in [-0.25, -0.2) is 0 Å². The van der Waals surface area contributed by atoms with E-state index in [9.17, 15) is 24.0 Å². The molecule has 1 aliphatic rings. The Morgan fingerprint density at radius 1 is 1.32 bits per heavy atom. The average molecular weight is 308 g/mol. The Morgan fingerprint density at radius 3 is 2.41 bits per heavy atom. The first-order chi connectivity index (χ1) is 10.4. The highest BCUT2D eigenvalue weighted by atomic mass is 16.4. The third-order valence-electron chi connectivity index (χ3n) is 3.08. The summed E-state index contributed by atoms with van der Waals surface area (Å²) in [6.07, 6.45) is 4.52. The van der Waals surface area contributed by atoms with Crippen LogP contribution in [0.25, 0.3) is 0 Å². The number of rotatable bonds is 8. The summed E-state index contributed by atoms with van der Waals surface area (Å²) in [6.45, 7) is -0.0194. The fraction of sp³-hybridized carbons (Fsp3) is 0.357. The maximum absolute atomic E-state index is 11.7. The molecule has 1 unspecified atom stereocenters. The van der Waals surface area contributed by atoms with Crippen LogP contribution in [0.3, 0.4) is 0 Å². The first-order valence-corrected chi connectivity index (χ1v) is 6.50. The fourth-order valence-corrected chi connectivity index (χ4v) is 2.02. The van der Waals surface area contributed by atoms with Gasteiger partial charge in [-0.2, -0.15) is 0 Å². The van der Waals surface area contributed by atoms with Gasteiger partial charge in [-0.3, -0.25) is 28.9 Å². The van der Waals surface area contributed by atoms with Gasteiger partial charge < -0.3 is 10.0 Å². The SMILES string of the molecule is CN(CC(CCC(=O)O)N1C(=O)C=CC1=O)C(=O)/C=C\C=O. The molecule has 3 amide bonds. The van der Waals surface area contributed by atoms with Crippen LogP contribution in [0.5, 0.6) is 0 Å². The van der Waals surface area contributed by atoms with Crippen molar-refractivity contribution in [2.75, 3.05) is 13.6 Å². The average Bonchev–Trinajstić information content (AvgIpc) is 2.79. The second kappa shape index (κ2) is 7.87. The van der Waals surface area contributed by atoms with Crippen molar-refractivity contribution in [3.05, 3.63) is 24.3 Å². The predicted octanol–water partition coefficient (Wildman–Crippen LogP) is -0.642. The van der Waals surface area contributed by atoms with E-state index in [0.29, 0.717) is 6.29 Å². The predicted molar refractivity (Wildman–Crippen MR) is 74.5 cm³/mol. The highest BCUT2D eigenvalue weighted by Crippen LogP contribution is 2.15. The van der Waals surface area contributed by atoms with E-state index in [1.807, 2.05) is 0 Å². The lowest BCUT2D eigenvalue weighted by Gasteiger charge is -2.29. The molecule has 0 aromatic carbocycles. The van der Waals surface area contributed by atoms with Crippen LogP contribution in [-0.4, -0.2) is 64.5 Å². The van der Waals surface area contributed by atoms with Crippen molar-refractivity contribution in [2.24, 2.45) is 0 Å². The van der Waals surface area contributed by atoms with Crippen LogP contribution in [-0.2, 0) is 24.0 Å². The Kier molecular flexibility index (Phi) is 6.18. The van der Waals surface area contributed by atoms with Crippen LogP contribution in [0.15, 0.2) is 24.3 Å². The van der Waals surface area contributed by atoms with Crippen LogP contribution in [0.2, 0.25) is 0 Å². The first kappa shape index (κ1) is 17.3. The molecule has 0 radical (unpaired) electrons. The smallest absolute Gasteiger partial charge is 0.303 e. The van der Waals surface area contributed by atoms with Gasteiger partial charge >= 0.3 is 5.97 Å². The Balaban J connectivity index is 2.82. The number of hydrogen-bond donors (Lipinski definition) is 1. The lowest BCUT2D eigenvalue weighted by molar-refractivity contribution is -0.143. The molecule has 8 heteroatoms. The van der Waals surface area contributed by atoms with E-state index in [2.05, 4.69) is 0 Å². The summed E-state index contributed by atoms with van der Waals surface area (Å²) in [4.78, 5) is 58.2. The number of nitrogens with zero attached hydrogens (tertiary/aromatic N) is 2. The monoisotopic (exact) mass is 308 g/mol. The molecule has 8 nitrogen and oxygen atoms in total. The molecule has 22 heavy (non-hydrogen) atoms. The molecule has 0 saturated heterocycles. The number of aliphatic carboxylic acids is 1. The number of likely N-dealkylation sites (N-methyl/N-ethyl adjacent to an activating group) is 1. The van der Waals surface area contributed by atoms with Gasteiger partial charge in [0.1, 0.15) is 6.29 Å². The Hall–Kier alpha value is -2.77. The molecule has 0 aromatic rings. The third-order valence-corrected chi connectivity index (χ3v) is 3.08. The highest BCUT2D eigenvalue weighted by molar-refractivity contribution is 6.13. The topological polar surface area (TPSA) is 112 Å². The number of imide groups is 1. The lowest BCUT2D eigenvalue weighted by Crippen LogP contribution is -2.47. The second-order valence-corrected chi connectivity index (χ2v) is 4.68. The molecule has 0 aromatic heterocycles. The van der Waals surface area contributed by atoms with Gasteiger partial charge in [0.15, 0.2) is 0 Å². The summed E-state index contributed by atoms with van der Waals surface area (Å²) in [7, 11) is 1.43. The van der Waals surface area contributed by atoms with Crippen molar-refractivity contribution in [3.8, 4) is 0 Å². The molecule has 1 aliphatic heterocycles. The molecule has 1 rings (SSSR count). The van der Waals surface area contributed by atoms with Crippen LogP contribution in [0.4, 0.5) is 0 Å². The number of carboxylic acid groups (broad SMARTS) is 1. The number of allylic oxidation sites excluding steroid dienone is 1. The Bertz CT molecular complexity index is 534. The van der Waals surface area contributed by atoms with E-state index in [0.717, 1.165) is 29.2 Å². The zero-order valence-electron chi connectivity index (χ0n) is 12.0. The molecule has 0 aliphatic carbocycles. The first-order valence-electron chi connectivity index (χ1n) is 6.50. The number of aldehydes is 1. The normalized spacial score (nSPS) is 15.4. The van der Waals surface area contributed by atoms with Crippen molar-refractivity contribution in [2.45, 2.75) is 18.9 Å². The molecule has 118 valence electrons. The van der Waals surface area contributed by atoms with Gasteiger partial charge in [0.05, 0.1) is 6.04 Å². The quantitative estimate of drug-likeness (QED) is 0.362. The number of carbonyl (C=O) groups excluding carboxylic acids is 4. The Labute approximate surface area is 126 Å². The summed E-state index contributed by atoms with van der Waals surface area (Å²) >= 11 is 0. The van der Waals surface area contributed by atoms with E-state index in [4.69, 9.17) is 5.11 Å². The van der Waals surface area contributed by atoms with Crippen molar-refractivity contribution in [3.63, 3.8) is 0 Å². The molecule has 0 saturated carbocycles. The molecule has 0 spiro atoms. The van der Waals surface area contributed by atoms with Gasteiger partial charge in [-0.15, -0.1) is 0 Å². The van der Waals surface area contributed by atoms with Gasteiger partial charge in [-0.1, -0.05) is 0 Å². The summed E-state index contributed by atoms with van der Waals surface area (Å²) in [5.74, 6) is -2.62. The minimum atomic E-state index is -1.06. The summed E-state index contributed by atoms with van der Waals surface area (Å²) in [6, 6.07) is -0.746. The highest BCUT2D eigenvalue weighted by Gasteiger charge is 2.32. The van der Waals surface area contributed by atoms with E-state index in [1.165, 1.54) is 11.9 Å². The molecule has 0 fully saturated rings. The van der Waals surface area contributed by atoms with Crippen LogP contribution in [0.1, 0.15) is 12.8 Å². The molecular formula is C14H16N2O6. The molecule has 0 bridgehead atoms. The molecule has 1 atom stereocenters. The molecule has 1 N–H and O–H groups in total. The van der Waals surface area contributed by atoms with Gasteiger partial charge in [-0.05, 0) is 12.5 Å². The largest absolute Gasteiger partial charge is 0.481 e. The number of carboxylic acids is 1. The van der Waals surface area contributed by atoms with Crippen LogP contribution in [0, 0.1) is 0 Å². The minimum absolute atomic E-state index is 0.0194. The standard InChI is InChI=1S/C14H16N2O6/c1-15(11(18)3-2-8-17)9-10(4-7-14(21)22)16-12(19)5-6-13(16)20/h2-3,5-6,8,10H,4,7,9H2,1H3,(H,21,22)/b3-2-. The van der Waals surface area contributed by atoms with Gasteiger partial charge in [0.25, 0.3) is 11.8 Å². The van der Waals surface area contributed by atoms with Crippen molar-refractivity contribution >= 4 is 30.0 Å². The van der Waals surface area contributed by atoms with Crippen molar-refractivity contribution in [1.29, 1.82) is 0 Å². The lowest BCUT2D eigenvalue weighted by atomic mass is 10.1. The summed E-state index contributed by atoms with van der Waals surface area (Å²) in [5.41, 5.74) is 0. The minimum Gasteiger partial charge on any atom is -0.481 e. The van der Waals surface area contributed by atoms with Crippen LogP contribution < -0.4 is 0 Å². The zero-order chi connectivity index (χ0) is 16.7. The second-order valence-electron chi connectivity index (χ2n) is 4.68. The van der Waals surface area contributed by atoms with Crippen LogP contribution >= 0.6 is 0 Å². The number of carbonyl (C=O) groups is 5. The van der Waals surface area contributed by atoms with Crippen molar-refractivity contribution in [1.82, 2.24) is 9.80 Å². The Morgan fingerprint density at radius 2 is 1.91 bits per heavy atom. The maximum Gasteiger partial charge on any atom is 0.303 e. The van der Waals surface area contributed by atoms with Gasteiger partial charge in [0.2, 0.25) is 5.91 Å². The van der Waals surface area contributed by atoms with E-state index in [-0.39, 0.29) is 19.4 Å². The van der Waals surface area contributed by atoms with E-state index < -0.39 is 29.7 Å². The summed E-state index contributed by atoms with van der Waals surface area (Å²) < 4.78 is 0. The molecular weight excluding hydrogens is 292 g/mol. The maximum atomic E-state index is 11.7.